The molecule has 1 saturated heterocycles. The minimum atomic E-state index is -0.993. The summed E-state index contributed by atoms with van der Waals surface area (Å²) in [6.45, 7) is 6.04. The summed E-state index contributed by atoms with van der Waals surface area (Å²) in [7, 11) is 0. The molecule has 4 atom stereocenters. The molecule has 1 saturated carbocycles. The summed E-state index contributed by atoms with van der Waals surface area (Å²) in [5.74, 6) is 0.156. The smallest absolute Gasteiger partial charge is 0.248 e. The number of hydrogen-bond donors (Lipinski definition) is 3. The molecule has 11 nitrogen and oxygen atoms in total. The molecular formula is C33H37N7O4. The van der Waals surface area contributed by atoms with Gasteiger partial charge in [0.05, 0.1) is 12.6 Å². The number of carbonyl (C=O) groups is 3. The zero-order valence-corrected chi connectivity index (χ0v) is 25.2. The third-order valence-electron chi connectivity index (χ3n) is 9.42. The van der Waals surface area contributed by atoms with E-state index in [9.17, 15) is 19.6 Å². The van der Waals surface area contributed by atoms with Crippen LogP contribution in [0, 0.1) is 17.2 Å². The molecule has 1 aliphatic heterocycles. The molecule has 2 aromatic carbocycles. The van der Waals surface area contributed by atoms with Gasteiger partial charge in [-0.1, -0.05) is 26.0 Å². The highest BCUT2D eigenvalue weighted by Crippen LogP contribution is 2.49. The number of nitrogens with one attached hydrogen (secondary N) is 1. The van der Waals surface area contributed by atoms with E-state index in [1.807, 2.05) is 45.0 Å². The standard InChI is InChI=1S/C33H37N7O4/c1-17(2)31-38-39-32(44-31)33(14-18(3)37-16-28(41)40-24(15-34)12-23-13-27(23)40)25-8-6-21(29(35)42)10-19(25)4-5-20-11-22(30(36)43)7-9-26(20)33/h6-11,17-18,23-24,27,37H,4-5,12-14,16H2,1-3H3,(H2,35,42)(H2,36,43)/t18-,23+,24?,27-/m0/s1. The van der Waals surface area contributed by atoms with E-state index < -0.39 is 17.2 Å². The summed E-state index contributed by atoms with van der Waals surface area (Å²) in [6.07, 6.45) is 3.28. The van der Waals surface area contributed by atoms with Gasteiger partial charge in [0.15, 0.2) is 0 Å². The molecule has 3 amide bonds. The van der Waals surface area contributed by atoms with E-state index in [4.69, 9.17) is 15.9 Å². The van der Waals surface area contributed by atoms with Crippen molar-refractivity contribution in [2.45, 2.75) is 82.3 Å². The Morgan fingerprint density at radius 2 is 1.64 bits per heavy atom. The lowest BCUT2D eigenvalue weighted by molar-refractivity contribution is -0.131. The van der Waals surface area contributed by atoms with Crippen LogP contribution in [-0.2, 0) is 23.1 Å². The first kappa shape index (κ1) is 29.5. The minimum absolute atomic E-state index is 0.0135. The first-order valence-electron chi connectivity index (χ1n) is 15.2. The number of amides is 3. The van der Waals surface area contributed by atoms with Crippen LogP contribution in [0.2, 0.25) is 0 Å². The third kappa shape index (κ3) is 5.03. The first-order valence-corrected chi connectivity index (χ1v) is 15.2. The molecule has 3 aromatic rings. The highest BCUT2D eigenvalue weighted by molar-refractivity contribution is 5.94. The van der Waals surface area contributed by atoms with E-state index in [2.05, 4.69) is 21.6 Å². The SMILES string of the molecule is CC(C)c1nnc(C2(C[C@H](C)NCC(=O)N3C(C#N)C[C@@H]4C[C@@H]43)c3ccc(C(N)=O)cc3CCc3cc(C(N)=O)ccc32)o1. The summed E-state index contributed by atoms with van der Waals surface area (Å²) in [4.78, 5) is 39.4. The number of aromatic nitrogens is 2. The van der Waals surface area contributed by atoms with Crippen molar-refractivity contribution in [2.75, 3.05) is 6.54 Å². The van der Waals surface area contributed by atoms with Crippen LogP contribution >= 0.6 is 0 Å². The van der Waals surface area contributed by atoms with Gasteiger partial charge < -0.3 is 26.1 Å². The van der Waals surface area contributed by atoms with Crippen molar-refractivity contribution in [2.24, 2.45) is 17.4 Å². The molecule has 2 heterocycles. The van der Waals surface area contributed by atoms with Gasteiger partial charge in [-0.2, -0.15) is 5.26 Å². The molecule has 2 fully saturated rings. The molecule has 6 rings (SSSR count). The molecule has 228 valence electrons. The van der Waals surface area contributed by atoms with Crippen molar-refractivity contribution in [3.05, 3.63) is 81.6 Å². The number of nitrogens with zero attached hydrogens (tertiary/aromatic N) is 4. The largest absolute Gasteiger partial charge is 0.424 e. The average molecular weight is 596 g/mol. The van der Waals surface area contributed by atoms with E-state index in [0.29, 0.717) is 48.1 Å². The van der Waals surface area contributed by atoms with Crippen LogP contribution in [-0.4, -0.2) is 57.5 Å². The maximum atomic E-state index is 13.3. The van der Waals surface area contributed by atoms with Gasteiger partial charge in [0.25, 0.3) is 0 Å². The van der Waals surface area contributed by atoms with Crippen LogP contribution < -0.4 is 16.8 Å². The Hall–Kier alpha value is -4.56. The lowest BCUT2D eigenvalue weighted by Gasteiger charge is -2.36. The maximum absolute atomic E-state index is 13.3. The lowest BCUT2D eigenvalue weighted by Crippen LogP contribution is -2.46. The highest BCUT2D eigenvalue weighted by Gasteiger charge is 2.54. The van der Waals surface area contributed by atoms with Crippen LogP contribution in [0.15, 0.2) is 40.8 Å². The Bertz CT molecular complexity index is 1620. The number of carbonyl (C=O) groups excluding carboxylic acids is 3. The van der Waals surface area contributed by atoms with Gasteiger partial charge >= 0.3 is 0 Å². The Morgan fingerprint density at radius 3 is 2.16 bits per heavy atom. The highest BCUT2D eigenvalue weighted by atomic mass is 16.4. The predicted octanol–water partition coefficient (Wildman–Crippen LogP) is 2.70. The van der Waals surface area contributed by atoms with Gasteiger partial charge in [-0.25, -0.2) is 0 Å². The second-order valence-corrected chi connectivity index (χ2v) is 12.7. The molecular weight excluding hydrogens is 558 g/mol. The number of nitrogens with two attached hydrogens (primary N) is 2. The number of rotatable bonds is 9. The molecule has 11 heteroatoms. The van der Waals surface area contributed by atoms with Crippen molar-refractivity contribution in [1.29, 1.82) is 5.26 Å². The fraction of sp³-hybridized carbons (Fsp3) is 0.455. The first-order chi connectivity index (χ1) is 21.0. The van der Waals surface area contributed by atoms with Gasteiger partial charge in [0.1, 0.15) is 11.5 Å². The van der Waals surface area contributed by atoms with Gasteiger partial charge in [-0.05, 0) is 91.5 Å². The van der Waals surface area contributed by atoms with Gasteiger partial charge in [-0.3, -0.25) is 14.4 Å². The molecule has 3 aliphatic rings. The molecule has 5 N–H and O–H groups in total. The number of likely N-dealkylation sites (tertiary alicyclic amines) is 1. The number of aryl methyl sites for hydroxylation is 2. The van der Waals surface area contributed by atoms with Crippen molar-refractivity contribution < 1.29 is 18.8 Å². The molecule has 0 radical (unpaired) electrons. The monoisotopic (exact) mass is 595 g/mol. The van der Waals surface area contributed by atoms with Gasteiger partial charge in [-0.15, -0.1) is 10.2 Å². The summed E-state index contributed by atoms with van der Waals surface area (Å²) in [5, 5.41) is 22.0. The normalized spacial score (nSPS) is 21.9. The second kappa shape index (κ2) is 11.2. The van der Waals surface area contributed by atoms with Crippen LogP contribution in [0.1, 0.15) is 101 Å². The predicted molar refractivity (Wildman–Crippen MR) is 160 cm³/mol. The molecule has 44 heavy (non-hydrogen) atoms. The Labute approximate surface area is 256 Å². The Balaban J connectivity index is 1.45. The van der Waals surface area contributed by atoms with Crippen molar-refractivity contribution in [3.8, 4) is 6.07 Å². The summed E-state index contributed by atoms with van der Waals surface area (Å²) >= 11 is 0. The fourth-order valence-corrected chi connectivity index (χ4v) is 7.15. The zero-order valence-electron chi connectivity index (χ0n) is 25.2. The average Bonchev–Trinajstić information content (AvgIpc) is 3.42. The number of nitriles is 1. The summed E-state index contributed by atoms with van der Waals surface area (Å²) in [5.41, 5.74) is 14.7. The van der Waals surface area contributed by atoms with E-state index in [-0.39, 0.29) is 36.5 Å². The second-order valence-electron chi connectivity index (χ2n) is 12.7. The van der Waals surface area contributed by atoms with Crippen molar-refractivity contribution >= 4 is 17.7 Å². The van der Waals surface area contributed by atoms with Crippen molar-refractivity contribution in [1.82, 2.24) is 20.4 Å². The van der Waals surface area contributed by atoms with Crippen LogP contribution in [0.4, 0.5) is 0 Å². The minimum Gasteiger partial charge on any atom is -0.424 e. The number of fused-ring (bicyclic) bond motifs is 3. The van der Waals surface area contributed by atoms with Crippen LogP contribution in [0.3, 0.4) is 0 Å². The van der Waals surface area contributed by atoms with Gasteiger partial charge in [0.2, 0.25) is 29.5 Å². The van der Waals surface area contributed by atoms with E-state index >= 15 is 0 Å². The third-order valence-corrected chi connectivity index (χ3v) is 9.42. The van der Waals surface area contributed by atoms with Crippen LogP contribution in [0.5, 0.6) is 0 Å². The summed E-state index contributed by atoms with van der Waals surface area (Å²) < 4.78 is 6.42. The lowest BCUT2D eigenvalue weighted by atomic mass is 9.68. The molecule has 0 spiro atoms. The molecule has 2 aliphatic carbocycles. The topological polar surface area (TPSA) is 181 Å². The number of benzene rings is 2. The van der Waals surface area contributed by atoms with E-state index in [1.165, 1.54) is 0 Å². The number of hydrogen-bond acceptors (Lipinski definition) is 8. The van der Waals surface area contributed by atoms with Crippen molar-refractivity contribution in [3.63, 3.8) is 0 Å². The van der Waals surface area contributed by atoms with Crippen LogP contribution in [0.25, 0.3) is 0 Å². The fourth-order valence-electron chi connectivity index (χ4n) is 7.15. The number of primary amides is 2. The van der Waals surface area contributed by atoms with Gasteiger partial charge in [0, 0.05) is 29.1 Å². The molecule has 0 bridgehead atoms. The number of piperidine rings is 1. The maximum Gasteiger partial charge on any atom is 0.248 e. The van der Waals surface area contributed by atoms with E-state index in [1.54, 1.807) is 17.0 Å². The summed E-state index contributed by atoms with van der Waals surface area (Å²) in [6, 6.07) is 12.7. The molecule has 1 aromatic heterocycles. The quantitative estimate of drug-likeness (QED) is 0.337. The Morgan fingerprint density at radius 1 is 1.02 bits per heavy atom. The molecule has 1 unspecified atom stereocenters. The Kier molecular flexibility index (Phi) is 7.49. The zero-order chi connectivity index (χ0) is 31.3. The van der Waals surface area contributed by atoms with E-state index in [0.717, 1.165) is 35.1 Å².